The van der Waals surface area contributed by atoms with Crippen LogP contribution in [-0.2, 0) is 4.79 Å². The van der Waals surface area contributed by atoms with Crippen molar-refractivity contribution < 1.29 is 9.90 Å². The van der Waals surface area contributed by atoms with Crippen LogP contribution in [0.4, 0.5) is 0 Å². The van der Waals surface area contributed by atoms with Crippen LogP contribution in [0.2, 0.25) is 0 Å². The molecule has 23 heavy (non-hydrogen) atoms. The van der Waals surface area contributed by atoms with E-state index in [4.69, 9.17) is 5.11 Å². The molecule has 0 saturated carbocycles. The second-order valence-electron chi connectivity index (χ2n) is 6.55. The topological polar surface area (TPSA) is 37.3 Å². The van der Waals surface area contributed by atoms with E-state index in [0.717, 1.165) is 18.4 Å². The molecule has 0 fully saturated rings. The third kappa shape index (κ3) is 6.43. The summed E-state index contributed by atoms with van der Waals surface area (Å²) in [6.45, 7) is 10.7. The lowest BCUT2D eigenvalue weighted by Crippen LogP contribution is -2.08. The molecule has 1 aliphatic carbocycles. The average Bonchev–Trinajstić information content (AvgIpc) is 2.45. The number of hydrogen-bond acceptors (Lipinski definition) is 1. The van der Waals surface area contributed by atoms with Crippen molar-refractivity contribution in [1.82, 2.24) is 0 Å². The van der Waals surface area contributed by atoms with E-state index < -0.39 is 5.97 Å². The maximum Gasteiger partial charge on any atom is 0.328 e. The number of hydrogen-bond donors (Lipinski definition) is 1. The van der Waals surface area contributed by atoms with E-state index in [2.05, 4.69) is 33.8 Å². The molecule has 0 amide bonds. The minimum absolute atomic E-state index is 0.570. The van der Waals surface area contributed by atoms with Gasteiger partial charge in [-0.2, -0.15) is 0 Å². The molecule has 0 spiro atoms. The second-order valence-corrected chi connectivity index (χ2v) is 6.55. The average molecular weight is 314 g/mol. The number of carbonyl (C=O) groups is 1. The molecule has 0 radical (unpaired) electrons. The zero-order valence-electron chi connectivity index (χ0n) is 15.1. The van der Waals surface area contributed by atoms with Crippen molar-refractivity contribution in [3.8, 4) is 0 Å². The van der Waals surface area contributed by atoms with E-state index in [0.29, 0.717) is 5.92 Å². The molecule has 0 heterocycles. The Morgan fingerprint density at radius 2 is 1.91 bits per heavy atom. The van der Waals surface area contributed by atoms with Crippen LogP contribution in [0.25, 0.3) is 0 Å². The summed E-state index contributed by atoms with van der Waals surface area (Å²) in [6.07, 6.45) is 14.1. The highest BCUT2D eigenvalue weighted by molar-refractivity contribution is 5.81. The molecule has 0 aromatic rings. The van der Waals surface area contributed by atoms with Crippen LogP contribution < -0.4 is 0 Å². The quantitative estimate of drug-likeness (QED) is 0.483. The van der Waals surface area contributed by atoms with Gasteiger partial charge in [0.05, 0.1) is 0 Å². The monoisotopic (exact) mass is 314 g/mol. The van der Waals surface area contributed by atoms with Crippen molar-refractivity contribution >= 4 is 5.97 Å². The SMILES string of the molecule is CCC1=C(C(C)C)C(=CC(C)=C/C=C/C(C)=C\C(=O)O)CCC1. The standard InChI is InChI=1S/C21H30O2/c1-6-18-11-8-12-19(21(18)15(2)3)13-16(4)9-7-10-17(5)14-20(22)23/h7,9-10,13-15H,6,8,11-12H2,1-5H3,(H,22,23)/b10-7+,16-9?,17-14-,19-13?. The van der Waals surface area contributed by atoms with Crippen molar-refractivity contribution in [2.24, 2.45) is 5.92 Å². The lowest BCUT2D eigenvalue weighted by Gasteiger charge is -2.26. The zero-order valence-corrected chi connectivity index (χ0v) is 15.1. The van der Waals surface area contributed by atoms with Gasteiger partial charge in [0, 0.05) is 6.08 Å². The highest BCUT2D eigenvalue weighted by Crippen LogP contribution is 2.36. The minimum Gasteiger partial charge on any atom is -0.478 e. The predicted molar refractivity (Wildman–Crippen MR) is 98.4 cm³/mol. The molecular formula is C21H30O2. The van der Waals surface area contributed by atoms with E-state index in [1.807, 2.05) is 18.2 Å². The largest absolute Gasteiger partial charge is 0.478 e. The lowest BCUT2D eigenvalue weighted by molar-refractivity contribution is -0.131. The van der Waals surface area contributed by atoms with Crippen molar-refractivity contribution in [1.29, 1.82) is 0 Å². The number of aliphatic carboxylic acids is 1. The lowest BCUT2D eigenvalue weighted by atomic mass is 9.80. The molecule has 0 atom stereocenters. The van der Waals surface area contributed by atoms with Crippen molar-refractivity contribution in [3.63, 3.8) is 0 Å². The number of allylic oxidation sites excluding steroid dienone is 9. The Morgan fingerprint density at radius 3 is 2.48 bits per heavy atom. The summed E-state index contributed by atoms with van der Waals surface area (Å²) >= 11 is 0. The highest BCUT2D eigenvalue weighted by Gasteiger charge is 2.18. The van der Waals surface area contributed by atoms with Gasteiger partial charge in [-0.1, -0.05) is 56.2 Å². The van der Waals surface area contributed by atoms with Crippen LogP contribution >= 0.6 is 0 Å². The predicted octanol–water partition coefficient (Wildman–Crippen LogP) is 5.99. The Morgan fingerprint density at radius 1 is 1.22 bits per heavy atom. The van der Waals surface area contributed by atoms with Crippen LogP contribution in [0.3, 0.4) is 0 Å². The summed E-state index contributed by atoms with van der Waals surface area (Å²) in [5.74, 6) is -0.337. The van der Waals surface area contributed by atoms with Gasteiger partial charge in [-0.15, -0.1) is 0 Å². The summed E-state index contributed by atoms with van der Waals surface area (Å²) in [6, 6.07) is 0. The number of carboxylic acids is 1. The molecule has 0 bridgehead atoms. The van der Waals surface area contributed by atoms with E-state index in [9.17, 15) is 4.79 Å². The Bertz CT molecular complexity index is 581. The van der Waals surface area contributed by atoms with Gasteiger partial charge in [-0.25, -0.2) is 4.79 Å². The summed E-state index contributed by atoms with van der Waals surface area (Å²) in [4.78, 5) is 10.6. The molecule has 126 valence electrons. The molecule has 1 N–H and O–H groups in total. The van der Waals surface area contributed by atoms with Crippen LogP contribution in [-0.4, -0.2) is 11.1 Å². The van der Waals surface area contributed by atoms with Crippen LogP contribution in [0, 0.1) is 5.92 Å². The van der Waals surface area contributed by atoms with E-state index in [1.165, 1.54) is 30.1 Å². The van der Waals surface area contributed by atoms with Gasteiger partial charge in [0.1, 0.15) is 0 Å². The third-order valence-corrected chi connectivity index (χ3v) is 4.13. The molecular weight excluding hydrogens is 284 g/mol. The van der Waals surface area contributed by atoms with Gasteiger partial charge < -0.3 is 5.11 Å². The smallest absolute Gasteiger partial charge is 0.328 e. The molecule has 1 aliphatic rings. The minimum atomic E-state index is -0.906. The first-order valence-corrected chi connectivity index (χ1v) is 8.54. The fourth-order valence-corrected chi connectivity index (χ4v) is 3.20. The molecule has 2 heteroatoms. The van der Waals surface area contributed by atoms with Crippen molar-refractivity contribution in [3.05, 3.63) is 58.2 Å². The summed E-state index contributed by atoms with van der Waals surface area (Å²) < 4.78 is 0. The molecule has 0 unspecified atom stereocenters. The first-order chi connectivity index (χ1) is 10.8. The molecule has 2 nitrogen and oxygen atoms in total. The summed E-state index contributed by atoms with van der Waals surface area (Å²) in [5.41, 5.74) is 6.58. The number of rotatable bonds is 6. The first kappa shape index (κ1) is 19.2. The molecule has 1 rings (SSSR count). The third-order valence-electron chi connectivity index (χ3n) is 4.13. The number of carboxylic acid groups (broad SMARTS) is 1. The van der Waals surface area contributed by atoms with Crippen LogP contribution in [0.1, 0.15) is 60.3 Å². The second kappa shape index (κ2) is 9.34. The van der Waals surface area contributed by atoms with Crippen LogP contribution in [0.15, 0.2) is 58.2 Å². The fraction of sp³-hybridized carbons (Fsp3) is 0.476. The maximum absolute atomic E-state index is 10.6. The normalized spacial score (nSPS) is 19.3. The summed E-state index contributed by atoms with van der Waals surface area (Å²) in [5, 5.41) is 8.70. The molecule has 0 aromatic carbocycles. The first-order valence-electron chi connectivity index (χ1n) is 8.54. The van der Waals surface area contributed by atoms with Gasteiger partial charge in [0.15, 0.2) is 0 Å². The Balaban J connectivity index is 2.97. The van der Waals surface area contributed by atoms with Gasteiger partial charge in [0.25, 0.3) is 0 Å². The van der Waals surface area contributed by atoms with E-state index in [-0.39, 0.29) is 0 Å². The van der Waals surface area contributed by atoms with Crippen molar-refractivity contribution in [2.75, 3.05) is 0 Å². The van der Waals surface area contributed by atoms with Crippen molar-refractivity contribution in [2.45, 2.75) is 60.3 Å². The van der Waals surface area contributed by atoms with E-state index >= 15 is 0 Å². The van der Waals surface area contributed by atoms with Gasteiger partial charge in [0.2, 0.25) is 0 Å². The highest BCUT2D eigenvalue weighted by atomic mass is 16.4. The molecule has 0 aliphatic heterocycles. The Kier molecular flexibility index (Phi) is 7.80. The summed E-state index contributed by atoms with van der Waals surface area (Å²) in [7, 11) is 0. The Hall–Kier alpha value is -1.83. The van der Waals surface area contributed by atoms with Crippen LogP contribution in [0.5, 0.6) is 0 Å². The Labute approximate surface area is 141 Å². The van der Waals surface area contributed by atoms with E-state index in [1.54, 1.807) is 18.1 Å². The maximum atomic E-state index is 10.6. The van der Waals surface area contributed by atoms with Gasteiger partial charge in [-0.05, 0) is 62.2 Å². The molecule has 0 aromatic heterocycles. The fourth-order valence-electron chi connectivity index (χ4n) is 3.20. The zero-order chi connectivity index (χ0) is 17.4. The van der Waals surface area contributed by atoms with Gasteiger partial charge >= 0.3 is 5.97 Å². The van der Waals surface area contributed by atoms with Gasteiger partial charge in [-0.3, -0.25) is 0 Å². The molecule has 0 saturated heterocycles.